The number of nitrogens with zero attached hydrogens (tertiary/aromatic N) is 2. The Balaban J connectivity index is 2.13. The van der Waals surface area contributed by atoms with Crippen molar-refractivity contribution in [2.75, 3.05) is 5.75 Å². The van der Waals surface area contributed by atoms with E-state index in [1.165, 1.54) is 3.97 Å². The normalized spacial score (nSPS) is 11.9. The van der Waals surface area contributed by atoms with Crippen LogP contribution in [0.25, 0.3) is 11.0 Å². The predicted octanol–water partition coefficient (Wildman–Crippen LogP) is 3.39. The Morgan fingerprint density at radius 2 is 1.95 bits per heavy atom. The Bertz CT molecular complexity index is 871. The van der Waals surface area contributed by atoms with Crippen molar-refractivity contribution in [2.24, 2.45) is 0 Å². The van der Waals surface area contributed by atoms with Crippen LogP contribution < -0.4 is 0 Å². The lowest BCUT2D eigenvalue weighted by Gasteiger charge is -2.07. The van der Waals surface area contributed by atoms with E-state index in [1.54, 1.807) is 60.6 Å². The lowest BCUT2D eigenvalue weighted by atomic mass is 10.3. The molecule has 0 aliphatic carbocycles. The van der Waals surface area contributed by atoms with E-state index in [0.29, 0.717) is 5.65 Å². The molecule has 0 amide bonds. The first kappa shape index (κ1) is 14.2. The van der Waals surface area contributed by atoms with Crippen molar-refractivity contribution in [3.63, 3.8) is 0 Å². The average Bonchev–Trinajstić information content (AvgIpc) is 2.92. The van der Waals surface area contributed by atoms with Gasteiger partial charge in [0.1, 0.15) is 0 Å². The van der Waals surface area contributed by atoms with E-state index in [2.05, 4.69) is 11.9 Å². The van der Waals surface area contributed by atoms with Crippen molar-refractivity contribution in [1.29, 1.82) is 0 Å². The van der Waals surface area contributed by atoms with Crippen molar-refractivity contribution >= 4 is 32.8 Å². The number of fused-ring (bicyclic) bond motifs is 1. The summed E-state index contributed by atoms with van der Waals surface area (Å²) in [6, 6.07) is 12.1. The molecule has 0 spiro atoms. The second kappa shape index (κ2) is 5.54. The number of benzene rings is 1. The lowest BCUT2D eigenvalue weighted by molar-refractivity contribution is 0.589. The van der Waals surface area contributed by atoms with Crippen LogP contribution >= 0.6 is 11.8 Å². The molecule has 2 aromatic heterocycles. The molecular weight excluding hydrogens is 304 g/mol. The van der Waals surface area contributed by atoms with Crippen LogP contribution in [0.5, 0.6) is 0 Å². The van der Waals surface area contributed by atoms with Gasteiger partial charge in [0.15, 0.2) is 5.65 Å². The highest BCUT2D eigenvalue weighted by Crippen LogP contribution is 2.25. The molecule has 6 heteroatoms. The van der Waals surface area contributed by atoms with E-state index < -0.39 is 10.0 Å². The van der Waals surface area contributed by atoms with Crippen molar-refractivity contribution in [3.05, 3.63) is 54.9 Å². The summed E-state index contributed by atoms with van der Waals surface area (Å²) in [7, 11) is -3.60. The smallest absolute Gasteiger partial charge is 0.236 e. The van der Waals surface area contributed by atoms with Gasteiger partial charge in [0.2, 0.25) is 0 Å². The number of hydrogen-bond acceptors (Lipinski definition) is 4. The van der Waals surface area contributed by atoms with Gasteiger partial charge in [-0.3, -0.25) is 0 Å². The minimum absolute atomic E-state index is 0.260. The molecule has 108 valence electrons. The molecule has 0 unspecified atom stereocenters. The molecule has 1 aromatic carbocycles. The zero-order valence-corrected chi connectivity index (χ0v) is 13.1. The molecule has 3 rings (SSSR count). The highest BCUT2D eigenvalue weighted by atomic mass is 32.2. The first-order valence-electron chi connectivity index (χ1n) is 6.53. The summed E-state index contributed by atoms with van der Waals surface area (Å²) in [5, 5.41) is 0.827. The minimum Gasteiger partial charge on any atom is -0.236 e. The van der Waals surface area contributed by atoms with Gasteiger partial charge >= 0.3 is 0 Å². The molecule has 0 fully saturated rings. The van der Waals surface area contributed by atoms with E-state index in [1.807, 2.05) is 6.07 Å². The Morgan fingerprint density at radius 1 is 1.19 bits per heavy atom. The van der Waals surface area contributed by atoms with Crippen LogP contribution in [0.3, 0.4) is 0 Å². The van der Waals surface area contributed by atoms with Crippen LogP contribution in [-0.2, 0) is 10.0 Å². The summed E-state index contributed by atoms with van der Waals surface area (Å²) < 4.78 is 26.5. The van der Waals surface area contributed by atoms with Crippen molar-refractivity contribution in [1.82, 2.24) is 8.96 Å². The number of pyridine rings is 1. The molecule has 2 heterocycles. The number of aromatic nitrogens is 2. The summed E-state index contributed by atoms with van der Waals surface area (Å²) in [5.74, 6) is 0.955. The minimum atomic E-state index is -3.60. The molecule has 0 aliphatic heterocycles. The van der Waals surface area contributed by atoms with Gasteiger partial charge in [-0.1, -0.05) is 25.1 Å². The SMILES string of the molecule is CCSc1cnc2c(ccn2S(=O)(=O)c2ccccc2)c1. The van der Waals surface area contributed by atoms with Crippen LogP contribution in [0, 0.1) is 0 Å². The van der Waals surface area contributed by atoms with Crippen molar-refractivity contribution < 1.29 is 8.42 Å². The predicted molar refractivity (Wildman–Crippen MR) is 85.2 cm³/mol. The van der Waals surface area contributed by atoms with Gasteiger partial charge in [-0.2, -0.15) is 0 Å². The van der Waals surface area contributed by atoms with Crippen LogP contribution in [-0.4, -0.2) is 23.1 Å². The third-order valence-electron chi connectivity index (χ3n) is 3.08. The number of thioether (sulfide) groups is 1. The molecule has 21 heavy (non-hydrogen) atoms. The van der Waals surface area contributed by atoms with Crippen LogP contribution in [0.2, 0.25) is 0 Å². The van der Waals surface area contributed by atoms with Crippen LogP contribution in [0.15, 0.2) is 64.6 Å². The highest BCUT2D eigenvalue weighted by Gasteiger charge is 2.19. The fourth-order valence-corrected chi connectivity index (χ4v) is 4.13. The maximum absolute atomic E-state index is 12.6. The molecule has 3 aromatic rings. The molecule has 0 bridgehead atoms. The third-order valence-corrected chi connectivity index (χ3v) is 5.61. The number of hydrogen-bond donors (Lipinski definition) is 0. The summed E-state index contributed by atoms with van der Waals surface area (Å²) in [4.78, 5) is 5.62. The van der Waals surface area contributed by atoms with E-state index in [0.717, 1.165) is 16.0 Å². The topological polar surface area (TPSA) is 52.0 Å². The largest absolute Gasteiger partial charge is 0.269 e. The summed E-state index contributed by atoms with van der Waals surface area (Å²) in [5.41, 5.74) is 0.458. The second-order valence-corrected chi connectivity index (χ2v) is 7.60. The van der Waals surface area contributed by atoms with Crippen molar-refractivity contribution in [3.8, 4) is 0 Å². The molecule has 0 radical (unpaired) electrons. The van der Waals surface area contributed by atoms with E-state index in [4.69, 9.17) is 0 Å². The summed E-state index contributed by atoms with van der Waals surface area (Å²) in [6.07, 6.45) is 3.27. The molecule has 0 N–H and O–H groups in total. The first-order valence-corrected chi connectivity index (χ1v) is 8.96. The van der Waals surface area contributed by atoms with Crippen LogP contribution in [0.4, 0.5) is 0 Å². The van der Waals surface area contributed by atoms with Gasteiger partial charge in [-0.15, -0.1) is 11.8 Å². The lowest BCUT2D eigenvalue weighted by Crippen LogP contribution is -2.12. The fourth-order valence-electron chi connectivity index (χ4n) is 2.13. The molecule has 0 saturated carbocycles. The van der Waals surface area contributed by atoms with Gasteiger partial charge in [0.05, 0.1) is 4.90 Å². The van der Waals surface area contributed by atoms with E-state index >= 15 is 0 Å². The van der Waals surface area contributed by atoms with E-state index in [9.17, 15) is 8.42 Å². The monoisotopic (exact) mass is 318 g/mol. The van der Waals surface area contributed by atoms with Gasteiger partial charge in [-0.05, 0) is 30.0 Å². The second-order valence-electron chi connectivity index (χ2n) is 4.45. The van der Waals surface area contributed by atoms with Crippen LogP contribution in [0.1, 0.15) is 6.92 Å². The average molecular weight is 318 g/mol. The van der Waals surface area contributed by atoms with Gasteiger partial charge in [-0.25, -0.2) is 17.4 Å². The highest BCUT2D eigenvalue weighted by molar-refractivity contribution is 7.99. The Morgan fingerprint density at radius 3 is 2.67 bits per heavy atom. The zero-order chi connectivity index (χ0) is 14.9. The molecule has 4 nitrogen and oxygen atoms in total. The standard InChI is InChI=1S/C15H14N2O2S2/c1-2-20-13-10-12-8-9-17(15(12)16-11-13)21(18,19)14-6-4-3-5-7-14/h3-11H,2H2,1H3. The Kier molecular flexibility index (Phi) is 3.73. The third kappa shape index (κ3) is 2.56. The van der Waals surface area contributed by atoms with Gasteiger partial charge in [0.25, 0.3) is 10.0 Å². The fraction of sp³-hybridized carbons (Fsp3) is 0.133. The van der Waals surface area contributed by atoms with Gasteiger partial charge in [0, 0.05) is 22.7 Å². The summed E-state index contributed by atoms with van der Waals surface area (Å²) in [6.45, 7) is 2.07. The zero-order valence-electron chi connectivity index (χ0n) is 11.4. The molecule has 0 saturated heterocycles. The van der Waals surface area contributed by atoms with E-state index in [-0.39, 0.29) is 4.90 Å². The number of rotatable bonds is 4. The maximum atomic E-state index is 12.6. The maximum Gasteiger partial charge on any atom is 0.269 e. The Hall–Kier alpha value is -1.79. The summed E-state index contributed by atoms with van der Waals surface area (Å²) >= 11 is 1.68. The molecule has 0 aliphatic rings. The van der Waals surface area contributed by atoms with Crippen molar-refractivity contribution in [2.45, 2.75) is 16.7 Å². The Labute approximate surface area is 127 Å². The first-order chi connectivity index (χ1) is 10.1. The molecular formula is C15H14N2O2S2. The quantitative estimate of drug-likeness (QED) is 0.692. The van der Waals surface area contributed by atoms with Gasteiger partial charge < -0.3 is 0 Å². The molecule has 0 atom stereocenters.